The van der Waals surface area contributed by atoms with Crippen LogP contribution < -0.4 is 0 Å². The molecule has 0 saturated carbocycles. The molecular weight excluding hydrogens is 318 g/mol. The normalized spacial score (nSPS) is 18.1. The first-order valence-corrected chi connectivity index (χ1v) is 9.49. The topological polar surface area (TPSA) is 21.1 Å². The lowest BCUT2D eigenvalue weighted by molar-refractivity contribution is 0.317. The summed E-state index contributed by atoms with van der Waals surface area (Å²) in [5, 5.41) is 4.69. The van der Waals surface area contributed by atoms with E-state index in [-0.39, 0.29) is 0 Å². The monoisotopic (exact) mass is 341 g/mol. The van der Waals surface area contributed by atoms with Gasteiger partial charge in [-0.05, 0) is 48.1 Å². The van der Waals surface area contributed by atoms with Crippen molar-refractivity contribution >= 4 is 5.57 Å². The van der Waals surface area contributed by atoms with Crippen molar-refractivity contribution in [2.75, 3.05) is 6.54 Å². The summed E-state index contributed by atoms with van der Waals surface area (Å²) < 4.78 is 2.12. The minimum Gasteiger partial charge on any atom is -0.291 e. The van der Waals surface area contributed by atoms with E-state index in [0.29, 0.717) is 0 Å². The number of hydrogen-bond donors (Lipinski definition) is 0. The average Bonchev–Trinajstić information content (AvgIpc) is 3.31. The minimum absolute atomic E-state index is 1.01. The fraction of sp³-hybridized carbons (Fsp3) is 0.261. The average molecular weight is 341 g/mol. The van der Waals surface area contributed by atoms with Crippen LogP contribution in [0.25, 0.3) is 11.3 Å². The zero-order valence-electron chi connectivity index (χ0n) is 14.9. The van der Waals surface area contributed by atoms with Gasteiger partial charge in [-0.1, -0.05) is 48.5 Å². The Bertz CT molecular complexity index is 928. The molecule has 0 atom stereocenters. The Kier molecular flexibility index (Phi) is 3.95. The minimum atomic E-state index is 1.01. The van der Waals surface area contributed by atoms with Crippen molar-refractivity contribution < 1.29 is 0 Å². The van der Waals surface area contributed by atoms with E-state index < -0.39 is 0 Å². The molecule has 5 rings (SSSR count). The highest BCUT2D eigenvalue weighted by Gasteiger charge is 2.21. The molecule has 3 heteroatoms. The Morgan fingerprint density at radius 2 is 1.62 bits per heavy atom. The quantitative estimate of drug-likeness (QED) is 0.694. The molecule has 0 bridgehead atoms. The van der Waals surface area contributed by atoms with Crippen molar-refractivity contribution in [2.24, 2.45) is 0 Å². The van der Waals surface area contributed by atoms with Crippen LogP contribution in [0.5, 0.6) is 0 Å². The Labute approximate surface area is 154 Å². The SMILES string of the molecule is C(/CN1Cc2ccccc2C1)=C1\CCCc2c1cnn2-c1ccccc1. The van der Waals surface area contributed by atoms with Crippen LogP contribution in [0, 0.1) is 0 Å². The number of rotatable bonds is 3. The highest BCUT2D eigenvalue weighted by Crippen LogP contribution is 2.32. The molecule has 0 saturated heterocycles. The summed E-state index contributed by atoms with van der Waals surface area (Å²) in [7, 11) is 0. The van der Waals surface area contributed by atoms with Crippen molar-refractivity contribution in [3.63, 3.8) is 0 Å². The third kappa shape index (κ3) is 2.78. The molecule has 0 amide bonds. The van der Waals surface area contributed by atoms with Gasteiger partial charge in [-0.3, -0.25) is 4.90 Å². The van der Waals surface area contributed by atoms with E-state index >= 15 is 0 Å². The Balaban J connectivity index is 1.38. The van der Waals surface area contributed by atoms with Crippen LogP contribution in [-0.2, 0) is 19.5 Å². The first-order valence-electron chi connectivity index (χ1n) is 9.49. The molecule has 2 aliphatic rings. The first kappa shape index (κ1) is 15.6. The summed E-state index contributed by atoms with van der Waals surface area (Å²) in [4.78, 5) is 2.52. The maximum atomic E-state index is 4.69. The molecule has 2 heterocycles. The van der Waals surface area contributed by atoms with Gasteiger partial charge in [0.1, 0.15) is 0 Å². The molecule has 1 aliphatic heterocycles. The number of para-hydroxylation sites is 1. The van der Waals surface area contributed by atoms with E-state index in [2.05, 4.69) is 76.5 Å². The molecule has 0 fully saturated rings. The van der Waals surface area contributed by atoms with Gasteiger partial charge in [0.25, 0.3) is 0 Å². The van der Waals surface area contributed by atoms with Crippen LogP contribution in [-0.4, -0.2) is 21.2 Å². The van der Waals surface area contributed by atoms with Crippen LogP contribution in [0.4, 0.5) is 0 Å². The number of aromatic nitrogens is 2. The summed E-state index contributed by atoms with van der Waals surface area (Å²) in [6, 6.07) is 19.3. The van der Waals surface area contributed by atoms with Crippen LogP contribution in [0.15, 0.2) is 66.9 Å². The third-order valence-electron chi connectivity index (χ3n) is 5.58. The van der Waals surface area contributed by atoms with Crippen molar-refractivity contribution in [1.82, 2.24) is 14.7 Å². The molecule has 2 aromatic carbocycles. The molecule has 130 valence electrons. The third-order valence-corrected chi connectivity index (χ3v) is 5.58. The molecule has 0 spiro atoms. The van der Waals surface area contributed by atoms with Crippen molar-refractivity contribution in [3.8, 4) is 5.69 Å². The highest BCUT2D eigenvalue weighted by molar-refractivity contribution is 5.69. The van der Waals surface area contributed by atoms with Gasteiger partial charge in [0.05, 0.1) is 17.6 Å². The fourth-order valence-electron chi connectivity index (χ4n) is 4.24. The second kappa shape index (κ2) is 6.58. The van der Waals surface area contributed by atoms with Gasteiger partial charge in [-0.2, -0.15) is 5.10 Å². The molecule has 1 aliphatic carbocycles. The lowest BCUT2D eigenvalue weighted by Gasteiger charge is -2.19. The Morgan fingerprint density at radius 1 is 0.885 bits per heavy atom. The van der Waals surface area contributed by atoms with E-state index in [9.17, 15) is 0 Å². The highest BCUT2D eigenvalue weighted by atomic mass is 15.3. The lowest BCUT2D eigenvalue weighted by atomic mass is 9.92. The van der Waals surface area contributed by atoms with Crippen molar-refractivity contribution in [2.45, 2.75) is 32.4 Å². The molecule has 26 heavy (non-hydrogen) atoms. The molecule has 3 aromatic rings. The zero-order chi connectivity index (χ0) is 17.3. The predicted molar refractivity (Wildman–Crippen MR) is 105 cm³/mol. The number of benzene rings is 2. The van der Waals surface area contributed by atoms with Gasteiger partial charge in [-0.15, -0.1) is 0 Å². The van der Waals surface area contributed by atoms with Gasteiger partial charge >= 0.3 is 0 Å². The summed E-state index contributed by atoms with van der Waals surface area (Å²) in [6.07, 6.45) is 7.97. The second-order valence-corrected chi connectivity index (χ2v) is 7.27. The van der Waals surface area contributed by atoms with Gasteiger partial charge in [0.15, 0.2) is 0 Å². The number of allylic oxidation sites excluding steroid dienone is 1. The Hall–Kier alpha value is -2.65. The van der Waals surface area contributed by atoms with Crippen LogP contribution in [0.2, 0.25) is 0 Å². The number of fused-ring (bicyclic) bond motifs is 2. The summed E-state index contributed by atoms with van der Waals surface area (Å²) in [5.41, 5.74) is 8.28. The van der Waals surface area contributed by atoms with Crippen LogP contribution in [0.3, 0.4) is 0 Å². The molecule has 0 unspecified atom stereocenters. The van der Waals surface area contributed by atoms with Crippen molar-refractivity contribution in [3.05, 3.63) is 89.3 Å². The second-order valence-electron chi connectivity index (χ2n) is 7.27. The maximum Gasteiger partial charge on any atom is 0.0649 e. The zero-order valence-corrected chi connectivity index (χ0v) is 14.9. The van der Waals surface area contributed by atoms with E-state index in [1.807, 2.05) is 0 Å². The molecule has 3 nitrogen and oxygen atoms in total. The smallest absolute Gasteiger partial charge is 0.0649 e. The predicted octanol–water partition coefficient (Wildman–Crippen LogP) is 4.61. The van der Waals surface area contributed by atoms with Crippen LogP contribution >= 0.6 is 0 Å². The summed E-state index contributed by atoms with van der Waals surface area (Å²) in [6.45, 7) is 3.14. The molecule has 0 N–H and O–H groups in total. The van der Waals surface area contributed by atoms with E-state index in [0.717, 1.165) is 38.2 Å². The number of hydrogen-bond acceptors (Lipinski definition) is 2. The van der Waals surface area contributed by atoms with Gasteiger partial charge < -0.3 is 0 Å². The largest absolute Gasteiger partial charge is 0.291 e. The van der Waals surface area contributed by atoms with Gasteiger partial charge in [0, 0.05) is 25.2 Å². The first-order chi connectivity index (χ1) is 12.9. The molecule has 0 radical (unpaired) electrons. The maximum absolute atomic E-state index is 4.69. The van der Waals surface area contributed by atoms with E-state index in [1.165, 1.54) is 34.4 Å². The summed E-state index contributed by atoms with van der Waals surface area (Å²) in [5.74, 6) is 0. The van der Waals surface area contributed by atoms with Crippen molar-refractivity contribution in [1.29, 1.82) is 0 Å². The summed E-state index contributed by atoms with van der Waals surface area (Å²) >= 11 is 0. The molecular formula is C23H23N3. The van der Waals surface area contributed by atoms with Crippen LogP contribution in [0.1, 0.15) is 35.2 Å². The number of nitrogens with zero attached hydrogens (tertiary/aromatic N) is 3. The fourth-order valence-corrected chi connectivity index (χ4v) is 4.24. The van der Waals surface area contributed by atoms with Gasteiger partial charge in [-0.25, -0.2) is 4.68 Å². The molecule has 1 aromatic heterocycles. The standard InChI is InChI=1S/C23H23N3/c1-2-10-21(11-3-1)26-23-12-6-9-18(22(23)15-24-26)13-14-25-16-19-7-4-5-8-20(19)17-25/h1-5,7-8,10-11,13,15H,6,9,12,14,16-17H2/b18-13-. The lowest BCUT2D eigenvalue weighted by Crippen LogP contribution is -2.17. The van der Waals surface area contributed by atoms with E-state index in [1.54, 1.807) is 0 Å². The van der Waals surface area contributed by atoms with Gasteiger partial charge in [0.2, 0.25) is 0 Å². The van der Waals surface area contributed by atoms with E-state index in [4.69, 9.17) is 5.10 Å². The Morgan fingerprint density at radius 3 is 2.38 bits per heavy atom.